The van der Waals surface area contributed by atoms with E-state index in [0.717, 1.165) is 34.9 Å². The molecule has 5 rings (SSSR count). The predicted molar refractivity (Wildman–Crippen MR) is 122 cm³/mol. The molecule has 0 saturated carbocycles. The molecule has 154 valence electrons. The molecule has 0 unspecified atom stereocenters. The molecule has 0 spiro atoms. The van der Waals surface area contributed by atoms with Crippen molar-refractivity contribution in [3.63, 3.8) is 0 Å². The SMILES string of the molecule is CCc1ccc2c(c1)nc(N)c1[nH]c(=O)n(Cc3ccc(CN4CCCC4)cc3)c12. The number of nitrogens with one attached hydrogen (secondary N) is 1. The fourth-order valence-electron chi connectivity index (χ4n) is 4.49. The maximum absolute atomic E-state index is 12.8. The summed E-state index contributed by atoms with van der Waals surface area (Å²) in [7, 11) is 0. The predicted octanol–water partition coefficient (Wildman–Crippen LogP) is 3.67. The number of imidazole rings is 1. The van der Waals surface area contributed by atoms with E-state index in [4.69, 9.17) is 5.73 Å². The zero-order valence-electron chi connectivity index (χ0n) is 17.3. The third kappa shape index (κ3) is 3.37. The standard InChI is InChI=1S/C24H27N5O/c1-2-16-9-10-19-20(13-16)26-23(25)21-22(19)29(24(30)27-21)15-18-7-5-17(6-8-18)14-28-11-3-4-12-28/h5-10,13H,2-4,11-12,14-15H2,1H3,(H2,25,26)(H,27,30). The van der Waals surface area contributed by atoms with E-state index in [1.54, 1.807) is 4.57 Å². The fraction of sp³-hybridized carbons (Fsp3) is 0.333. The number of nitrogens with two attached hydrogens (primary N) is 1. The molecule has 30 heavy (non-hydrogen) atoms. The lowest BCUT2D eigenvalue weighted by Gasteiger charge is -2.15. The van der Waals surface area contributed by atoms with Gasteiger partial charge in [0.25, 0.3) is 0 Å². The summed E-state index contributed by atoms with van der Waals surface area (Å²) in [6.45, 7) is 5.99. The summed E-state index contributed by atoms with van der Waals surface area (Å²) >= 11 is 0. The number of anilines is 1. The summed E-state index contributed by atoms with van der Waals surface area (Å²) in [5, 5.41) is 0.945. The minimum Gasteiger partial charge on any atom is -0.382 e. The van der Waals surface area contributed by atoms with E-state index in [1.165, 1.54) is 37.1 Å². The molecule has 1 saturated heterocycles. The lowest BCUT2D eigenvalue weighted by atomic mass is 10.1. The van der Waals surface area contributed by atoms with Crippen LogP contribution in [0.1, 0.15) is 36.5 Å². The van der Waals surface area contributed by atoms with E-state index in [9.17, 15) is 4.79 Å². The maximum atomic E-state index is 12.8. The Morgan fingerprint density at radius 3 is 2.37 bits per heavy atom. The molecular weight excluding hydrogens is 374 g/mol. The highest BCUT2D eigenvalue weighted by atomic mass is 16.1. The van der Waals surface area contributed by atoms with Gasteiger partial charge in [0.1, 0.15) is 11.3 Å². The Labute approximate surface area is 175 Å². The Morgan fingerprint density at radius 1 is 1.00 bits per heavy atom. The summed E-state index contributed by atoms with van der Waals surface area (Å²) in [6, 6.07) is 14.8. The summed E-state index contributed by atoms with van der Waals surface area (Å²) in [5.41, 5.74) is 11.9. The quantitative estimate of drug-likeness (QED) is 0.535. The number of fused-ring (bicyclic) bond motifs is 3. The summed E-state index contributed by atoms with van der Waals surface area (Å²) in [4.78, 5) is 22.7. The van der Waals surface area contributed by atoms with Crippen molar-refractivity contribution in [2.45, 2.75) is 39.3 Å². The van der Waals surface area contributed by atoms with Gasteiger partial charge in [-0.15, -0.1) is 0 Å². The van der Waals surface area contributed by atoms with Crippen molar-refractivity contribution >= 4 is 27.8 Å². The van der Waals surface area contributed by atoms with E-state index in [0.29, 0.717) is 17.9 Å². The molecule has 0 bridgehead atoms. The van der Waals surface area contributed by atoms with E-state index >= 15 is 0 Å². The summed E-state index contributed by atoms with van der Waals surface area (Å²) < 4.78 is 1.77. The van der Waals surface area contributed by atoms with Crippen molar-refractivity contribution in [2.24, 2.45) is 0 Å². The van der Waals surface area contributed by atoms with Gasteiger partial charge in [0.05, 0.1) is 17.6 Å². The van der Waals surface area contributed by atoms with Crippen molar-refractivity contribution in [2.75, 3.05) is 18.8 Å². The molecule has 1 aliphatic heterocycles. The van der Waals surface area contributed by atoms with Crippen LogP contribution in [0.4, 0.5) is 5.82 Å². The Bertz CT molecular complexity index is 1260. The number of hydrogen-bond donors (Lipinski definition) is 2. The normalized spacial score (nSPS) is 14.8. The van der Waals surface area contributed by atoms with Crippen LogP contribution in [0.15, 0.2) is 47.3 Å². The van der Waals surface area contributed by atoms with Crippen LogP contribution in [0, 0.1) is 0 Å². The van der Waals surface area contributed by atoms with Crippen LogP contribution in [0.25, 0.3) is 21.9 Å². The summed E-state index contributed by atoms with van der Waals surface area (Å²) in [5.74, 6) is 0.363. The average molecular weight is 402 g/mol. The van der Waals surface area contributed by atoms with Crippen molar-refractivity contribution < 1.29 is 0 Å². The van der Waals surface area contributed by atoms with Crippen molar-refractivity contribution in [1.29, 1.82) is 0 Å². The Kier molecular flexibility index (Phi) is 4.79. The van der Waals surface area contributed by atoms with Crippen LogP contribution >= 0.6 is 0 Å². The molecule has 6 heteroatoms. The summed E-state index contributed by atoms with van der Waals surface area (Å²) in [6.07, 6.45) is 3.53. The fourth-order valence-corrected chi connectivity index (χ4v) is 4.49. The third-order valence-corrected chi connectivity index (χ3v) is 6.17. The minimum absolute atomic E-state index is 0.160. The average Bonchev–Trinajstić information content (AvgIpc) is 3.38. The molecule has 0 aliphatic carbocycles. The van der Waals surface area contributed by atoms with Gasteiger partial charge in [-0.1, -0.05) is 43.3 Å². The number of H-pyrrole nitrogens is 1. The first-order valence-corrected chi connectivity index (χ1v) is 10.7. The molecular formula is C24H27N5O. The highest BCUT2D eigenvalue weighted by Crippen LogP contribution is 2.27. The first-order valence-electron chi connectivity index (χ1n) is 10.7. The number of nitrogens with zero attached hydrogens (tertiary/aromatic N) is 3. The second-order valence-electron chi connectivity index (χ2n) is 8.24. The van der Waals surface area contributed by atoms with Crippen LogP contribution < -0.4 is 11.4 Å². The van der Waals surface area contributed by atoms with Gasteiger partial charge in [0, 0.05) is 11.9 Å². The van der Waals surface area contributed by atoms with Crippen LogP contribution in [0.5, 0.6) is 0 Å². The van der Waals surface area contributed by atoms with Crippen LogP contribution in [0.3, 0.4) is 0 Å². The highest BCUT2D eigenvalue weighted by molar-refractivity contribution is 6.06. The molecule has 1 fully saturated rings. The molecule has 0 atom stereocenters. The lowest BCUT2D eigenvalue weighted by Crippen LogP contribution is -2.19. The molecule has 3 heterocycles. The second-order valence-corrected chi connectivity index (χ2v) is 8.24. The molecule has 0 radical (unpaired) electrons. The van der Waals surface area contributed by atoms with E-state index in [2.05, 4.69) is 58.2 Å². The topological polar surface area (TPSA) is 79.9 Å². The number of pyridine rings is 1. The monoisotopic (exact) mass is 401 g/mol. The van der Waals surface area contributed by atoms with Crippen molar-refractivity contribution in [3.05, 3.63) is 69.6 Å². The number of aromatic amines is 1. The van der Waals surface area contributed by atoms with E-state index in [1.807, 2.05) is 6.07 Å². The zero-order valence-corrected chi connectivity index (χ0v) is 17.3. The number of rotatable bonds is 5. The highest BCUT2D eigenvalue weighted by Gasteiger charge is 2.16. The van der Waals surface area contributed by atoms with Gasteiger partial charge >= 0.3 is 5.69 Å². The molecule has 3 N–H and O–H groups in total. The van der Waals surface area contributed by atoms with Gasteiger partial charge < -0.3 is 10.7 Å². The number of aromatic nitrogens is 3. The molecule has 1 aliphatic rings. The van der Waals surface area contributed by atoms with Crippen LogP contribution in [-0.2, 0) is 19.5 Å². The van der Waals surface area contributed by atoms with Gasteiger partial charge in [-0.2, -0.15) is 0 Å². The second kappa shape index (κ2) is 7.61. The van der Waals surface area contributed by atoms with Gasteiger partial charge in [-0.25, -0.2) is 9.78 Å². The van der Waals surface area contributed by atoms with Gasteiger partial charge in [-0.3, -0.25) is 9.47 Å². The van der Waals surface area contributed by atoms with E-state index in [-0.39, 0.29) is 5.69 Å². The first kappa shape index (κ1) is 18.9. The van der Waals surface area contributed by atoms with Gasteiger partial charge in [-0.05, 0) is 55.1 Å². The number of likely N-dealkylation sites (tertiary alicyclic amines) is 1. The molecule has 2 aromatic carbocycles. The van der Waals surface area contributed by atoms with Gasteiger partial charge in [0.2, 0.25) is 0 Å². The third-order valence-electron chi connectivity index (χ3n) is 6.17. The Balaban J connectivity index is 1.52. The Hall–Kier alpha value is -3.12. The van der Waals surface area contributed by atoms with E-state index < -0.39 is 0 Å². The largest absolute Gasteiger partial charge is 0.382 e. The molecule has 4 aromatic rings. The minimum atomic E-state index is -0.160. The lowest BCUT2D eigenvalue weighted by molar-refractivity contribution is 0.331. The van der Waals surface area contributed by atoms with Crippen LogP contribution in [-0.4, -0.2) is 32.5 Å². The Morgan fingerprint density at radius 2 is 1.67 bits per heavy atom. The molecule has 0 amide bonds. The zero-order chi connectivity index (χ0) is 20.7. The first-order chi connectivity index (χ1) is 14.6. The molecule has 6 nitrogen and oxygen atoms in total. The van der Waals surface area contributed by atoms with Gasteiger partial charge in [0.15, 0.2) is 0 Å². The molecule has 2 aromatic heterocycles. The van der Waals surface area contributed by atoms with Crippen LogP contribution in [0.2, 0.25) is 0 Å². The maximum Gasteiger partial charge on any atom is 0.326 e. The number of aryl methyl sites for hydroxylation is 1. The number of benzene rings is 2. The van der Waals surface area contributed by atoms with Crippen molar-refractivity contribution in [1.82, 2.24) is 19.4 Å². The number of hydrogen-bond acceptors (Lipinski definition) is 4. The number of nitrogen functional groups attached to an aromatic ring is 1. The van der Waals surface area contributed by atoms with Crippen molar-refractivity contribution in [3.8, 4) is 0 Å². The smallest absolute Gasteiger partial charge is 0.326 e.